The third-order valence-electron chi connectivity index (χ3n) is 3.53. The summed E-state index contributed by atoms with van der Waals surface area (Å²) in [5.74, 6) is 0.315. The number of hydrogen-bond acceptors (Lipinski definition) is 4. The van der Waals surface area contributed by atoms with Crippen molar-refractivity contribution in [2.45, 2.75) is 20.3 Å². The Kier molecular flexibility index (Phi) is 4.67. The van der Waals surface area contributed by atoms with Gasteiger partial charge in [-0.1, -0.05) is 24.6 Å². The highest BCUT2D eigenvalue weighted by atomic mass is 35.5. The molecule has 0 aliphatic rings. The van der Waals surface area contributed by atoms with Gasteiger partial charge >= 0.3 is 0 Å². The number of anilines is 1. The molecule has 8 heteroatoms. The first-order chi connectivity index (χ1) is 12.0. The Morgan fingerprint density at radius 3 is 2.84 bits per heavy atom. The van der Waals surface area contributed by atoms with E-state index in [1.165, 1.54) is 10.7 Å². The van der Waals surface area contributed by atoms with E-state index < -0.39 is 0 Å². The normalized spacial score (nSPS) is 10.7. The van der Waals surface area contributed by atoms with E-state index >= 15 is 0 Å². The Morgan fingerprint density at radius 1 is 1.32 bits per heavy atom. The fourth-order valence-electron chi connectivity index (χ4n) is 2.35. The van der Waals surface area contributed by atoms with Crippen molar-refractivity contribution in [1.82, 2.24) is 19.7 Å². The smallest absolute Gasteiger partial charge is 0.274 e. The fourth-order valence-corrected chi connectivity index (χ4v) is 2.54. The number of benzene rings is 1. The molecule has 0 unspecified atom stereocenters. The number of carbonyl (C=O) groups is 1. The molecule has 0 bridgehead atoms. The van der Waals surface area contributed by atoms with E-state index in [9.17, 15) is 9.59 Å². The Bertz CT molecular complexity index is 993. The van der Waals surface area contributed by atoms with Gasteiger partial charge in [-0.2, -0.15) is 14.8 Å². The predicted molar refractivity (Wildman–Crippen MR) is 95.5 cm³/mol. The summed E-state index contributed by atoms with van der Waals surface area (Å²) in [6.07, 6.45) is 0.648. The molecule has 0 saturated heterocycles. The Morgan fingerprint density at radius 2 is 2.12 bits per heavy atom. The average Bonchev–Trinajstić information content (AvgIpc) is 2.94. The van der Waals surface area contributed by atoms with E-state index in [-0.39, 0.29) is 17.4 Å². The van der Waals surface area contributed by atoms with Gasteiger partial charge in [0.05, 0.1) is 5.69 Å². The first-order valence-electron chi connectivity index (χ1n) is 7.70. The van der Waals surface area contributed by atoms with E-state index in [2.05, 4.69) is 20.4 Å². The molecule has 2 aromatic heterocycles. The van der Waals surface area contributed by atoms with E-state index in [4.69, 9.17) is 11.6 Å². The number of nitrogens with zero attached hydrogens (tertiary/aromatic N) is 3. The quantitative estimate of drug-likeness (QED) is 0.750. The zero-order chi connectivity index (χ0) is 18.0. The number of carbonyl (C=O) groups excluding carboxylic acids is 1. The molecule has 2 heterocycles. The van der Waals surface area contributed by atoms with Crippen molar-refractivity contribution in [3.05, 3.63) is 68.7 Å². The van der Waals surface area contributed by atoms with Gasteiger partial charge in [-0.15, -0.1) is 0 Å². The van der Waals surface area contributed by atoms with E-state index in [0.29, 0.717) is 28.5 Å². The third kappa shape index (κ3) is 3.77. The van der Waals surface area contributed by atoms with Gasteiger partial charge in [0, 0.05) is 28.4 Å². The summed E-state index contributed by atoms with van der Waals surface area (Å²) in [5.41, 5.74) is 1.45. The van der Waals surface area contributed by atoms with Crippen molar-refractivity contribution >= 4 is 23.3 Å². The molecule has 0 saturated carbocycles. The Hall–Kier alpha value is -2.93. The summed E-state index contributed by atoms with van der Waals surface area (Å²) in [5, 5.41) is 7.55. The van der Waals surface area contributed by atoms with Gasteiger partial charge in [-0.3, -0.25) is 9.59 Å². The van der Waals surface area contributed by atoms with Gasteiger partial charge in [-0.05, 0) is 31.5 Å². The van der Waals surface area contributed by atoms with Crippen molar-refractivity contribution in [1.29, 1.82) is 0 Å². The summed E-state index contributed by atoms with van der Waals surface area (Å²) in [4.78, 5) is 31.2. The first kappa shape index (κ1) is 16.9. The van der Waals surface area contributed by atoms with Crippen LogP contribution in [0.15, 0.2) is 41.2 Å². The van der Waals surface area contributed by atoms with Crippen molar-refractivity contribution in [3.8, 4) is 5.95 Å². The van der Waals surface area contributed by atoms with Crippen LogP contribution in [0.1, 0.15) is 28.7 Å². The second-order valence-corrected chi connectivity index (χ2v) is 5.91. The number of nitrogens with one attached hydrogen (secondary N) is 2. The SMILES string of the molecule is CCc1cc(=O)nc(-n2nc(C)cc2NC(=O)c2cccc(Cl)c2)[nH]1. The van der Waals surface area contributed by atoms with Gasteiger partial charge in [-0.25, -0.2) is 0 Å². The van der Waals surface area contributed by atoms with Crippen LogP contribution in [-0.4, -0.2) is 25.7 Å². The topological polar surface area (TPSA) is 92.7 Å². The highest BCUT2D eigenvalue weighted by Gasteiger charge is 2.14. The molecule has 3 rings (SSSR count). The molecule has 1 aromatic carbocycles. The lowest BCUT2D eigenvalue weighted by molar-refractivity contribution is 0.102. The van der Waals surface area contributed by atoms with Crippen molar-refractivity contribution in [3.63, 3.8) is 0 Å². The number of rotatable bonds is 4. The monoisotopic (exact) mass is 357 g/mol. The van der Waals surface area contributed by atoms with Crippen molar-refractivity contribution < 1.29 is 4.79 Å². The van der Waals surface area contributed by atoms with E-state index in [1.807, 2.05) is 6.92 Å². The standard InChI is InChI=1S/C17H16ClN5O2/c1-3-13-9-15(24)21-17(19-13)23-14(7-10(2)22-23)20-16(25)11-5-4-6-12(18)8-11/h4-9H,3H2,1-2H3,(H,20,25)(H,19,21,24). The van der Waals surface area contributed by atoms with Crippen LogP contribution in [0.25, 0.3) is 5.95 Å². The van der Waals surface area contributed by atoms with Gasteiger partial charge in [0.25, 0.3) is 11.5 Å². The molecule has 0 atom stereocenters. The van der Waals surface area contributed by atoms with E-state index in [1.54, 1.807) is 37.3 Å². The van der Waals surface area contributed by atoms with Crippen molar-refractivity contribution in [2.24, 2.45) is 0 Å². The molecule has 0 radical (unpaired) electrons. The molecular weight excluding hydrogens is 342 g/mol. The molecule has 7 nitrogen and oxygen atoms in total. The van der Waals surface area contributed by atoms with Crippen LogP contribution in [0.3, 0.4) is 0 Å². The highest BCUT2D eigenvalue weighted by molar-refractivity contribution is 6.31. The first-order valence-corrected chi connectivity index (χ1v) is 8.08. The second kappa shape index (κ2) is 6.90. The molecule has 2 N–H and O–H groups in total. The second-order valence-electron chi connectivity index (χ2n) is 5.47. The Labute approximate surface area is 148 Å². The average molecular weight is 358 g/mol. The molecule has 0 aliphatic carbocycles. The minimum Gasteiger partial charge on any atom is -0.328 e. The number of amides is 1. The van der Waals surface area contributed by atoms with Crippen LogP contribution in [0.5, 0.6) is 0 Å². The minimum atomic E-state index is -0.370. The number of aromatic amines is 1. The molecule has 0 fully saturated rings. The maximum absolute atomic E-state index is 12.4. The van der Waals surface area contributed by atoms with Crippen LogP contribution in [-0.2, 0) is 6.42 Å². The molecule has 3 aromatic rings. The lowest BCUT2D eigenvalue weighted by Gasteiger charge is -2.09. The number of aryl methyl sites for hydroxylation is 2. The summed E-state index contributed by atoms with van der Waals surface area (Å²) >= 11 is 5.93. The fraction of sp³-hybridized carbons (Fsp3) is 0.176. The maximum atomic E-state index is 12.4. The summed E-state index contributed by atoms with van der Waals surface area (Å²) in [7, 11) is 0. The zero-order valence-corrected chi connectivity index (χ0v) is 14.5. The molecular formula is C17H16ClN5O2. The predicted octanol–water partition coefficient (Wildman–Crippen LogP) is 2.73. The van der Waals surface area contributed by atoms with Crippen LogP contribution < -0.4 is 10.9 Å². The number of aromatic nitrogens is 4. The third-order valence-corrected chi connectivity index (χ3v) is 3.76. The van der Waals surface area contributed by atoms with Crippen molar-refractivity contribution in [2.75, 3.05) is 5.32 Å². The van der Waals surface area contributed by atoms with Crippen LogP contribution in [0, 0.1) is 6.92 Å². The van der Waals surface area contributed by atoms with Crippen LogP contribution >= 0.6 is 11.6 Å². The molecule has 25 heavy (non-hydrogen) atoms. The van der Waals surface area contributed by atoms with Gasteiger partial charge in [0.1, 0.15) is 5.82 Å². The molecule has 128 valence electrons. The maximum Gasteiger partial charge on any atom is 0.274 e. The minimum absolute atomic E-state index is 0.249. The molecule has 0 aliphatic heterocycles. The van der Waals surface area contributed by atoms with E-state index in [0.717, 1.165) is 5.69 Å². The van der Waals surface area contributed by atoms with Gasteiger partial charge in [0.2, 0.25) is 5.95 Å². The molecule has 1 amide bonds. The Balaban J connectivity index is 1.98. The van der Waals surface area contributed by atoms with Gasteiger partial charge < -0.3 is 10.3 Å². The lowest BCUT2D eigenvalue weighted by Crippen LogP contribution is -2.19. The van der Waals surface area contributed by atoms with Crippen LogP contribution in [0.2, 0.25) is 5.02 Å². The number of hydrogen-bond donors (Lipinski definition) is 2. The number of halogens is 1. The summed E-state index contributed by atoms with van der Waals surface area (Å²) in [6, 6.07) is 9.75. The highest BCUT2D eigenvalue weighted by Crippen LogP contribution is 2.17. The lowest BCUT2D eigenvalue weighted by atomic mass is 10.2. The van der Waals surface area contributed by atoms with Gasteiger partial charge in [0.15, 0.2) is 0 Å². The molecule has 0 spiro atoms. The zero-order valence-electron chi connectivity index (χ0n) is 13.7. The summed E-state index contributed by atoms with van der Waals surface area (Å²) in [6.45, 7) is 3.71. The summed E-state index contributed by atoms with van der Waals surface area (Å²) < 4.78 is 1.40. The van der Waals surface area contributed by atoms with Crippen LogP contribution in [0.4, 0.5) is 5.82 Å². The number of H-pyrrole nitrogens is 1. The largest absolute Gasteiger partial charge is 0.328 e.